The first-order valence-electron chi connectivity index (χ1n) is 8.27. The molecule has 3 nitrogen and oxygen atoms in total. The molecule has 0 aromatic carbocycles. The van der Waals surface area contributed by atoms with Crippen LogP contribution >= 0.6 is 0 Å². The molecule has 1 aliphatic carbocycles. The summed E-state index contributed by atoms with van der Waals surface area (Å²) in [4.78, 5) is 14.0. The second-order valence-electron chi connectivity index (χ2n) is 7.48. The molecular formula is C16H27F3N2O. The monoisotopic (exact) mass is 320 g/mol. The fourth-order valence-electron chi connectivity index (χ4n) is 3.93. The normalized spacial score (nSPS) is 27.6. The maximum Gasteiger partial charge on any atom is 0.392 e. The highest BCUT2D eigenvalue weighted by molar-refractivity contribution is 5.78. The van der Waals surface area contributed by atoms with E-state index in [1.165, 1.54) is 6.42 Å². The van der Waals surface area contributed by atoms with Gasteiger partial charge in [0.1, 0.15) is 0 Å². The number of likely N-dealkylation sites (tertiary alicyclic amines) is 1. The number of nitrogens with zero attached hydrogens (tertiary/aromatic N) is 1. The molecule has 1 aliphatic heterocycles. The van der Waals surface area contributed by atoms with Crippen LogP contribution < -0.4 is 5.32 Å². The third-order valence-corrected chi connectivity index (χ3v) is 5.04. The van der Waals surface area contributed by atoms with Crippen LogP contribution in [0.4, 0.5) is 13.2 Å². The number of halogens is 3. The molecule has 0 aromatic rings. The van der Waals surface area contributed by atoms with Gasteiger partial charge in [-0.25, -0.2) is 0 Å². The topological polar surface area (TPSA) is 32.3 Å². The average molecular weight is 320 g/mol. The van der Waals surface area contributed by atoms with Crippen LogP contribution in [0.1, 0.15) is 52.4 Å². The van der Waals surface area contributed by atoms with Crippen LogP contribution in [0.2, 0.25) is 0 Å². The van der Waals surface area contributed by atoms with E-state index >= 15 is 0 Å². The van der Waals surface area contributed by atoms with Crippen molar-refractivity contribution in [1.29, 1.82) is 0 Å². The molecule has 1 N–H and O–H groups in total. The van der Waals surface area contributed by atoms with Gasteiger partial charge in [-0.2, -0.15) is 13.2 Å². The molecular weight excluding hydrogens is 293 g/mol. The molecule has 0 radical (unpaired) electrons. The summed E-state index contributed by atoms with van der Waals surface area (Å²) >= 11 is 0. The largest absolute Gasteiger partial charge is 0.392 e. The molecule has 1 unspecified atom stereocenters. The van der Waals surface area contributed by atoms with Crippen LogP contribution in [0.25, 0.3) is 0 Å². The number of amides is 1. The SMILES string of the molecule is CC1(C)CN(CC(=O)NC2CCCCC2)CCC1C(F)(F)F. The Morgan fingerprint density at radius 1 is 1.18 bits per heavy atom. The zero-order chi connectivity index (χ0) is 16.4. The maximum atomic E-state index is 13.0. The number of hydrogen-bond donors (Lipinski definition) is 1. The fraction of sp³-hybridized carbons (Fsp3) is 0.938. The zero-order valence-electron chi connectivity index (χ0n) is 13.5. The minimum absolute atomic E-state index is 0.0480. The van der Waals surface area contributed by atoms with Crippen molar-refractivity contribution in [3.05, 3.63) is 0 Å². The van der Waals surface area contributed by atoms with Crippen molar-refractivity contribution in [2.75, 3.05) is 19.6 Å². The summed E-state index contributed by atoms with van der Waals surface area (Å²) in [6, 6.07) is 0.252. The van der Waals surface area contributed by atoms with Crippen molar-refractivity contribution >= 4 is 5.91 Å². The zero-order valence-corrected chi connectivity index (χ0v) is 13.5. The molecule has 6 heteroatoms. The number of hydrogen-bond acceptors (Lipinski definition) is 2. The summed E-state index contributed by atoms with van der Waals surface area (Å²) in [5.41, 5.74) is -0.846. The van der Waals surface area contributed by atoms with Gasteiger partial charge in [-0.3, -0.25) is 9.69 Å². The van der Waals surface area contributed by atoms with Crippen molar-refractivity contribution in [2.24, 2.45) is 11.3 Å². The van der Waals surface area contributed by atoms with Gasteiger partial charge >= 0.3 is 6.18 Å². The van der Waals surface area contributed by atoms with E-state index in [0.29, 0.717) is 13.1 Å². The number of carbonyl (C=O) groups excluding carboxylic acids is 1. The molecule has 0 bridgehead atoms. The van der Waals surface area contributed by atoms with Gasteiger partial charge in [0.25, 0.3) is 0 Å². The number of piperidine rings is 1. The molecule has 2 aliphatic rings. The molecule has 2 fully saturated rings. The first kappa shape index (κ1) is 17.6. The molecule has 1 amide bonds. The summed E-state index contributed by atoms with van der Waals surface area (Å²) in [7, 11) is 0. The minimum atomic E-state index is -4.15. The van der Waals surface area contributed by atoms with E-state index in [9.17, 15) is 18.0 Å². The van der Waals surface area contributed by atoms with E-state index in [2.05, 4.69) is 5.32 Å². The van der Waals surface area contributed by atoms with Gasteiger partial charge in [0.15, 0.2) is 0 Å². The van der Waals surface area contributed by atoms with Gasteiger partial charge in [-0.1, -0.05) is 33.1 Å². The van der Waals surface area contributed by atoms with Crippen molar-refractivity contribution in [3.63, 3.8) is 0 Å². The lowest BCUT2D eigenvalue weighted by Crippen LogP contribution is -2.53. The van der Waals surface area contributed by atoms with Crippen molar-refractivity contribution in [2.45, 2.75) is 64.6 Å². The summed E-state index contributed by atoms with van der Waals surface area (Å²) in [5, 5.41) is 3.03. The van der Waals surface area contributed by atoms with Crippen LogP contribution in [0.3, 0.4) is 0 Å². The number of alkyl halides is 3. The Morgan fingerprint density at radius 2 is 1.82 bits per heavy atom. The van der Waals surface area contributed by atoms with Crippen LogP contribution in [0, 0.1) is 11.3 Å². The van der Waals surface area contributed by atoms with Crippen LogP contribution in [-0.4, -0.2) is 42.7 Å². The van der Waals surface area contributed by atoms with E-state index in [4.69, 9.17) is 0 Å². The Bertz CT molecular complexity index is 389. The third kappa shape index (κ3) is 4.61. The lowest BCUT2D eigenvalue weighted by Gasteiger charge is -2.44. The van der Waals surface area contributed by atoms with Gasteiger partial charge < -0.3 is 5.32 Å². The summed E-state index contributed by atoms with van der Waals surface area (Å²) in [6.45, 7) is 4.16. The van der Waals surface area contributed by atoms with Crippen LogP contribution in [0.15, 0.2) is 0 Å². The third-order valence-electron chi connectivity index (χ3n) is 5.04. The fourth-order valence-corrected chi connectivity index (χ4v) is 3.93. The molecule has 128 valence electrons. The molecule has 1 heterocycles. The van der Waals surface area contributed by atoms with E-state index in [-0.39, 0.29) is 24.9 Å². The van der Waals surface area contributed by atoms with E-state index in [1.54, 1.807) is 13.8 Å². The van der Waals surface area contributed by atoms with Gasteiger partial charge in [0.2, 0.25) is 5.91 Å². The van der Waals surface area contributed by atoms with Gasteiger partial charge in [-0.05, 0) is 31.2 Å². The quantitative estimate of drug-likeness (QED) is 0.865. The van der Waals surface area contributed by atoms with E-state index in [1.807, 2.05) is 4.90 Å². The lowest BCUT2D eigenvalue weighted by molar-refractivity contribution is -0.216. The predicted octanol–water partition coefficient (Wildman–Crippen LogP) is 3.35. The van der Waals surface area contributed by atoms with E-state index < -0.39 is 17.5 Å². The second kappa shape index (κ2) is 6.77. The molecule has 1 saturated heterocycles. The minimum Gasteiger partial charge on any atom is -0.352 e. The Kier molecular flexibility index (Phi) is 5.41. The summed E-state index contributed by atoms with van der Waals surface area (Å²) in [6.07, 6.45) is 1.49. The Hall–Kier alpha value is -0.780. The highest BCUT2D eigenvalue weighted by Gasteiger charge is 2.51. The predicted molar refractivity (Wildman–Crippen MR) is 79.4 cm³/mol. The molecule has 22 heavy (non-hydrogen) atoms. The summed E-state index contributed by atoms with van der Waals surface area (Å²) in [5.74, 6) is -1.33. The Balaban J connectivity index is 1.83. The molecule has 0 spiro atoms. The highest BCUT2D eigenvalue weighted by Crippen LogP contribution is 2.44. The highest BCUT2D eigenvalue weighted by atomic mass is 19.4. The molecule has 1 saturated carbocycles. The van der Waals surface area contributed by atoms with Crippen LogP contribution in [-0.2, 0) is 4.79 Å². The lowest BCUT2D eigenvalue weighted by atomic mass is 9.73. The molecule has 2 rings (SSSR count). The number of carbonyl (C=O) groups is 1. The van der Waals surface area contributed by atoms with Gasteiger partial charge in [-0.15, -0.1) is 0 Å². The number of rotatable bonds is 3. The summed E-state index contributed by atoms with van der Waals surface area (Å²) < 4.78 is 39.1. The maximum absolute atomic E-state index is 13.0. The average Bonchev–Trinajstić information content (AvgIpc) is 2.36. The Morgan fingerprint density at radius 3 is 2.36 bits per heavy atom. The first-order valence-corrected chi connectivity index (χ1v) is 8.27. The smallest absolute Gasteiger partial charge is 0.352 e. The Labute approximate surface area is 130 Å². The van der Waals surface area contributed by atoms with Crippen molar-refractivity contribution in [1.82, 2.24) is 10.2 Å². The molecule has 1 atom stereocenters. The van der Waals surface area contributed by atoms with Crippen molar-refractivity contribution < 1.29 is 18.0 Å². The van der Waals surface area contributed by atoms with E-state index in [0.717, 1.165) is 25.7 Å². The standard InChI is InChI=1S/C16H27F3N2O/c1-15(2)11-21(9-8-13(15)16(17,18)19)10-14(22)20-12-6-4-3-5-7-12/h12-13H,3-11H2,1-2H3,(H,20,22). The first-order chi connectivity index (χ1) is 10.2. The van der Waals surface area contributed by atoms with Crippen LogP contribution in [0.5, 0.6) is 0 Å². The second-order valence-corrected chi connectivity index (χ2v) is 7.48. The van der Waals surface area contributed by atoms with Gasteiger partial charge in [0, 0.05) is 12.6 Å². The molecule has 0 aromatic heterocycles. The van der Waals surface area contributed by atoms with Gasteiger partial charge in [0.05, 0.1) is 12.5 Å². The van der Waals surface area contributed by atoms with Crippen molar-refractivity contribution in [3.8, 4) is 0 Å². The number of nitrogens with one attached hydrogen (secondary N) is 1.